The molecule has 3 amide bonds. The van der Waals surface area contributed by atoms with Crippen molar-refractivity contribution < 1.29 is 28.6 Å². The van der Waals surface area contributed by atoms with Crippen molar-refractivity contribution in [2.75, 3.05) is 0 Å². The van der Waals surface area contributed by atoms with Crippen molar-refractivity contribution in [3.05, 3.63) is 167 Å². The molecule has 9 heteroatoms. The lowest BCUT2D eigenvalue weighted by atomic mass is 9.93. The Morgan fingerprint density at radius 1 is 0.660 bits per heavy atom. The minimum absolute atomic E-state index is 0.0653. The van der Waals surface area contributed by atoms with Crippen LogP contribution in [-0.4, -0.2) is 34.9 Å². The van der Waals surface area contributed by atoms with Gasteiger partial charge in [0, 0.05) is 12.8 Å². The predicted molar refractivity (Wildman–Crippen MR) is 189 cm³/mol. The number of primary amides is 1. The van der Waals surface area contributed by atoms with Crippen LogP contribution in [0.5, 0.6) is 11.5 Å². The van der Waals surface area contributed by atoms with Crippen molar-refractivity contribution in [2.45, 2.75) is 51.3 Å². The number of hydrogen-bond acceptors (Lipinski definition) is 6. The maximum absolute atomic E-state index is 13.9. The standard InChI is InChI=1S/C41H39N3O6/c42-39(45)35(22-32-20-21-37(48-26-29-12-4-1-5-13-29)38(23-32)49-27-30-14-6-2-7-15-30)43-40(46)36-24-33-18-10-11-19-34(33)25-44(36)41(47)50-28-31-16-8-3-9-17-31/h1-21,23,35-36H,22,24-28H2,(H2,42,45)(H,43,46)/t35-,36+/m1/s1. The molecule has 0 fully saturated rings. The summed E-state index contributed by atoms with van der Waals surface area (Å²) in [6.07, 6.45) is -0.257. The molecule has 2 atom stereocenters. The molecule has 9 nitrogen and oxygen atoms in total. The Hall–Kier alpha value is -6.09. The molecule has 3 N–H and O–H groups in total. The molecule has 5 aromatic rings. The van der Waals surface area contributed by atoms with Crippen LogP contribution in [0.3, 0.4) is 0 Å². The van der Waals surface area contributed by atoms with Crippen molar-refractivity contribution in [3.63, 3.8) is 0 Å². The van der Waals surface area contributed by atoms with Crippen molar-refractivity contribution in [3.8, 4) is 11.5 Å². The highest BCUT2D eigenvalue weighted by atomic mass is 16.6. The quantitative estimate of drug-likeness (QED) is 0.156. The number of nitrogens with one attached hydrogen (secondary N) is 1. The summed E-state index contributed by atoms with van der Waals surface area (Å²) in [5.74, 6) is -0.168. The monoisotopic (exact) mass is 669 g/mol. The van der Waals surface area contributed by atoms with Crippen molar-refractivity contribution >= 4 is 17.9 Å². The van der Waals surface area contributed by atoms with Gasteiger partial charge in [-0.15, -0.1) is 0 Å². The molecule has 0 bridgehead atoms. The normalized spacial score (nSPS) is 14.2. The SMILES string of the molecule is NC(=O)[C@@H](Cc1ccc(OCc2ccccc2)c(OCc2ccccc2)c1)NC(=O)[C@@H]1Cc2ccccc2CN1C(=O)OCc1ccccc1. The van der Waals surface area contributed by atoms with Crippen LogP contribution in [0.1, 0.15) is 33.4 Å². The molecule has 0 spiro atoms. The van der Waals surface area contributed by atoms with E-state index in [0.717, 1.165) is 27.8 Å². The van der Waals surface area contributed by atoms with E-state index in [1.807, 2.05) is 121 Å². The largest absolute Gasteiger partial charge is 0.485 e. The highest BCUT2D eigenvalue weighted by Crippen LogP contribution is 2.31. The molecule has 0 saturated heterocycles. The molecular formula is C41H39N3O6. The molecule has 1 aliphatic heterocycles. The third-order valence-corrected chi connectivity index (χ3v) is 8.57. The number of fused-ring (bicyclic) bond motifs is 1. The number of nitrogens with two attached hydrogens (primary N) is 1. The smallest absolute Gasteiger partial charge is 0.411 e. The molecule has 0 radical (unpaired) electrons. The third kappa shape index (κ3) is 8.87. The number of nitrogens with zero attached hydrogens (tertiary/aromatic N) is 1. The van der Waals surface area contributed by atoms with Crippen LogP contribution >= 0.6 is 0 Å². The summed E-state index contributed by atoms with van der Waals surface area (Å²) >= 11 is 0. The van der Waals surface area contributed by atoms with Crippen LogP contribution in [0, 0.1) is 0 Å². The lowest BCUT2D eigenvalue weighted by Gasteiger charge is -2.35. The fourth-order valence-corrected chi connectivity index (χ4v) is 5.86. The second-order valence-corrected chi connectivity index (χ2v) is 12.2. The first-order valence-corrected chi connectivity index (χ1v) is 16.5. The van der Waals surface area contributed by atoms with E-state index in [2.05, 4.69) is 5.32 Å². The van der Waals surface area contributed by atoms with E-state index in [-0.39, 0.29) is 26.0 Å². The Bertz CT molecular complexity index is 1900. The van der Waals surface area contributed by atoms with Crippen LogP contribution in [0.2, 0.25) is 0 Å². The lowest BCUT2D eigenvalue weighted by Crippen LogP contribution is -2.56. The fourth-order valence-electron chi connectivity index (χ4n) is 5.86. The molecule has 1 heterocycles. The predicted octanol–water partition coefficient (Wildman–Crippen LogP) is 6.12. The van der Waals surface area contributed by atoms with Crippen molar-refractivity contribution in [2.24, 2.45) is 5.73 Å². The van der Waals surface area contributed by atoms with Gasteiger partial charge in [0.05, 0.1) is 6.54 Å². The van der Waals surface area contributed by atoms with Crippen LogP contribution in [0.25, 0.3) is 0 Å². The summed E-state index contributed by atoms with van der Waals surface area (Å²) in [6, 6.07) is 40.0. The van der Waals surface area contributed by atoms with E-state index < -0.39 is 30.0 Å². The molecule has 254 valence electrons. The molecule has 0 saturated carbocycles. The van der Waals surface area contributed by atoms with Gasteiger partial charge in [-0.2, -0.15) is 0 Å². The molecule has 50 heavy (non-hydrogen) atoms. The maximum Gasteiger partial charge on any atom is 0.411 e. The van der Waals surface area contributed by atoms with Gasteiger partial charge in [-0.1, -0.05) is 121 Å². The Balaban J connectivity index is 1.18. The Labute approximate surface area is 291 Å². The number of carbonyl (C=O) groups is 3. The molecule has 6 rings (SSSR count). The van der Waals surface area contributed by atoms with Crippen LogP contribution < -0.4 is 20.5 Å². The first-order valence-electron chi connectivity index (χ1n) is 16.5. The van der Waals surface area contributed by atoms with Gasteiger partial charge < -0.3 is 25.3 Å². The molecular weight excluding hydrogens is 630 g/mol. The van der Waals surface area contributed by atoms with Gasteiger partial charge in [-0.05, 0) is 45.5 Å². The van der Waals surface area contributed by atoms with Crippen molar-refractivity contribution in [1.29, 1.82) is 0 Å². The minimum Gasteiger partial charge on any atom is -0.485 e. The molecule has 0 aromatic heterocycles. The number of benzene rings is 5. The van der Waals surface area contributed by atoms with E-state index in [9.17, 15) is 14.4 Å². The van der Waals surface area contributed by atoms with E-state index >= 15 is 0 Å². The summed E-state index contributed by atoms with van der Waals surface area (Å²) in [6.45, 7) is 0.906. The topological polar surface area (TPSA) is 120 Å². The van der Waals surface area contributed by atoms with Gasteiger partial charge in [0.15, 0.2) is 11.5 Å². The van der Waals surface area contributed by atoms with E-state index in [4.69, 9.17) is 19.9 Å². The molecule has 5 aromatic carbocycles. The van der Waals surface area contributed by atoms with Gasteiger partial charge in [0.1, 0.15) is 31.9 Å². The lowest BCUT2D eigenvalue weighted by molar-refractivity contribution is -0.131. The summed E-state index contributed by atoms with van der Waals surface area (Å²) in [4.78, 5) is 41.5. The molecule has 0 unspecified atom stereocenters. The summed E-state index contributed by atoms with van der Waals surface area (Å²) < 4.78 is 18.0. The number of rotatable bonds is 13. The zero-order valence-electron chi connectivity index (χ0n) is 27.6. The first-order chi connectivity index (χ1) is 24.4. The number of carbonyl (C=O) groups excluding carboxylic acids is 3. The highest BCUT2D eigenvalue weighted by molar-refractivity contribution is 5.91. The van der Waals surface area contributed by atoms with Gasteiger partial charge in [-0.3, -0.25) is 14.5 Å². The third-order valence-electron chi connectivity index (χ3n) is 8.57. The Kier molecular flexibility index (Phi) is 11.0. The summed E-state index contributed by atoms with van der Waals surface area (Å²) in [7, 11) is 0. The van der Waals surface area contributed by atoms with Gasteiger partial charge >= 0.3 is 6.09 Å². The fraction of sp³-hybridized carbons (Fsp3) is 0.195. The number of amides is 3. The highest BCUT2D eigenvalue weighted by Gasteiger charge is 2.37. The van der Waals surface area contributed by atoms with Gasteiger partial charge in [-0.25, -0.2) is 4.79 Å². The number of hydrogen-bond donors (Lipinski definition) is 2. The zero-order valence-corrected chi connectivity index (χ0v) is 27.6. The maximum atomic E-state index is 13.9. The average molecular weight is 670 g/mol. The summed E-state index contributed by atoms with van der Waals surface area (Å²) in [5, 5.41) is 2.83. The second kappa shape index (κ2) is 16.3. The van der Waals surface area contributed by atoms with Crippen LogP contribution in [0.15, 0.2) is 133 Å². The average Bonchev–Trinajstić information content (AvgIpc) is 3.16. The van der Waals surface area contributed by atoms with E-state index in [0.29, 0.717) is 30.3 Å². The van der Waals surface area contributed by atoms with Crippen LogP contribution in [-0.2, 0) is 53.5 Å². The van der Waals surface area contributed by atoms with Gasteiger partial charge in [0.2, 0.25) is 11.8 Å². The van der Waals surface area contributed by atoms with Gasteiger partial charge in [0.25, 0.3) is 0 Å². The van der Waals surface area contributed by atoms with Crippen LogP contribution in [0.4, 0.5) is 4.79 Å². The van der Waals surface area contributed by atoms with Crippen molar-refractivity contribution in [1.82, 2.24) is 10.2 Å². The minimum atomic E-state index is -1.06. The first kappa shape index (κ1) is 33.8. The van der Waals surface area contributed by atoms with E-state index in [1.54, 1.807) is 12.1 Å². The number of ether oxygens (including phenoxy) is 3. The Morgan fingerprint density at radius 3 is 1.80 bits per heavy atom. The summed E-state index contributed by atoms with van der Waals surface area (Å²) in [5.41, 5.74) is 11.2. The zero-order chi connectivity index (χ0) is 34.7. The second-order valence-electron chi connectivity index (χ2n) is 12.2. The van der Waals surface area contributed by atoms with E-state index in [1.165, 1.54) is 4.90 Å². The molecule has 0 aliphatic carbocycles. The molecule has 1 aliphatic rings. The Morgan fingerprint density at radius 2 is 1.20 bits per heavy atom.